The fraction of sp³-hybridized carbons (Fsp3) is 0.350. The Labute approximate surface area is 163 Å². The van der Waals surface area contributed by atoms with Gasteiger partial charge < -0.3 is 14.2 Å². The number of hydrogen-bond acceptors (Lipinski definition) is 6. The molecule has 1 amide bonds. The molecule has 8 nitrogen and oxygen atoms in total. The lowest BCUT2D eigenvalue weighted by Gasteiger charge is -2.20. The standard InChI is InChI=1S/C20H24N2O6/c1-13-10-16(22(24)25)7-9-17(13)27-18-8-6-15(11-14(18)12-26-5)21-19(23)28-20(2,3)4/h6-11H,12H2,1-5H3,(H,21,23). The van der Waals surface area contributed by atoms with Gasteiger partial charge in [0, 0.05) is 30.5 Å². The molecule has 0 heterocycles. The molecule has 0 atom stereocenters. The quantitative estimate of drug-likeness (QED) is 0.540. The number of hydrogen-bond donors (Lipinski definition) is 1. The molecule has 0 fully saturated rings. The van der Waals surface area contributed by atoms with Crippen LogP contribution in [0.1, 0.15) is 31.9 Å². The van der Waals surface area contributed by atoms with Crippen molar-refractivity contribution in [1.82, 2.24) is 0 Å². The number of ether oxygens (including phenoxy) is 3. The second-order valence-corrected chi connectivity index (χ2v) is 7.19. The zero-order chi connectivity index (χ0) is 20.9. The second kappa shape index (κ2) is 8.71. The lowest BCUT2D eigenvalue weighted by Crippen LogP contribution is -2.27. The highest BCUT2D eigenvalue weighted by Gasteiger charge is 2.17. The average Bonchev–Trinajstić information content (AvgIpc) is 2.57. The van der Waals surface area contributed by atoms with Crippen molar-refractivity contribution in [3.8, 4) is 11.5 Å². The summed E-state index contributed by atoms with van der Waals surface area (Å²) in [7, 11) is 1.55. The summed E-state index contributed by atoms with van der Waals surface area (Å²) in [6.45, 7) is 7.34. The first-order valence-corrected chi connectivity index (χ1v) is 8.64. The van der Waals surface area contributed by atoms with Crippen LogP contribution in [0.2, 0.25) is 0 Å². The van der Waals surface area contributed by atoms with Crippen LogP contribution >= 0.6 is 0 Å². The van der Waals surface area contributed by atoms with Gasteiger partial charge in [-0.05, 0) is 57.5 Å². The summed E-state index contributed by atoms with van der Waals surface area (Å²) >= 11 is 0. The lowest BCUT2D eigenvalue weighted by atomic mass is 10.1. The van der Waals surface area contributed by atoms with Crippen LogP contribution in [0.5, 0.6) is 11.5 Å². The van der Waals surface area contributed by atoms with Gasteiger partial charge in [-0.15, -0.1) is 0 Å². The maximum Gasteiger partial charge on any atom is 0.412 e. The molecule has 0 unspecified atom stereocenters. The van der Waals surface area contributed by atoms with Crippen LogP contribution in [-0.4, -0.2) is 23.7 Å². The predicted molar refractivity (Wildman–Crippen MR) is 105 cm³/mol. The van der Waals surface area contributed by atoms with E-state index in [-0.39, 0.29) is 12.3 Å². The Morgan fingerprint density at radius 1 is 1.14 bits per heavy atom. The molecule has 0 bridgehead atoms. The number of nitrogens with zero attached hydrogens (tertiary/aromatic N) is 1. The van der Waals surface area contributed by atoms with E-state index < -0.39 is 16.6 Å². The van der Waals surface area contributed by atoms with E-state index in [0.717, 1.165) is 0 Å². The van der Waals surface area contributed by atoms with Gasteiger partial charge in [0.15, 0.2) is 0 Å². The molecule has 0 aliphatic rings. The third-order valence-electron chi connectivity index (χ3n) is 3.59. The highest BCUT2D eigenvalue weighted by molar-refractivity contribution is 5.85. The van der Waals surface area contributed by atoms with Gasteiger partial charge in [-0.25, -0.2) is 4.79 Å². The first kappa shape index (κ1) is 21.2. The highest BCUT2D eigenvalue weighted by Crippen LogP contribution is 2.32. The lowest BCUT2D eigenvalue weighted by molar-refractivity contribution is -0.384. The molecule has 0 saturated carbocycles. The van der Waals surface area contributed by atoms with Gasteiger partial charge in [0.1, 0.15) is 17.1 Å². The third-order valence-corrected chi connectivity index (χ3v) is 3.59. The number of carbonyl (C=O) groups is 1. The maximum atomic E-state index is 12.0. The van der Waals surface area contributed by atoms with Crippen LogP contribution in [0, 0.1) is 17.0 Å². The molecular weight excluding hydrogens is 364 g/mol. The van der Waals surface area contributed by atoms with Crippen LogP contribution in [0.3, 0.4) is 0 Å². The number of methoxy groups -OCH3 is 1. The number of nitrogens with one attached hydrogen (secondary N) is 1. The molecule has 0 spiro atoms. The number of carbonyl (C=O) groups excluding carboxylic acids is 1. The minimum atomic E-state index is -0.601. The summed E-state index contributed by atoms with van der Waals surface area (Å²) in [5, 5.41) is 13.6. The topological polar surface area (TPSA) is 99.9 Å². The van der Waals surface area contributed by atoms with E-state index >= 15 is 0 Å². The minimum absolute atomic E-state index is 0.00104. The van der Waals surface area contributed by atoms with Crippen molar-refractivity contribution in [1.29, 1.82) is 0 Å². The van der Waals surface area contributed by atoms with Gasteiger partial charge in [0.2, 0.25) is 0 Å². The van der Waals surface area contributed by atoms with E-state index in [1.165, 1.54) is 12.1 Å². The molecule has 0 aliphatic heterocycles. The summed E-state index contributed by atoms with van der Waals surface area (Å²) in [5.41, 5.74) is 1.27. The summed E-state index contributed by atoms with van der Waals surface area (Å²) in [6.07, 6.45) is -0.559. The van der Waals surface area contributed by atoms with E-state index in [1.54, 1.807) is 59.1 Å². The van der Waals surface area contributed by atoms with Crippen molar-refractivity contribution in [3.63, 3.8) is 0 Å². The van der Waals surface area contributed by atoms with Crippen LogP contribution < -0.4 is 10.1 Å². The number of nitro groups is 1. The molecule has 0 aromatic heterocycles. The molecule has 0 saturated heterocycles. The van der Waals surface area contributed by atoms with Crippen molar-refractivity contribution in [3.05, 3.63) is 57.6 Å². The van der Waals surface area contributed by atoms with Gasteiger partial charge in [0.05, 0.1) is 11.5 Å². The number of rotatable bonds is 6. The van der Waals surface area contributed by atoms with E-state index in [4.69, 9.17) is 14.2 Å². The Morgan fingerprint density at radius 2 is 1.82 bits per heavy atom. The molecule has 1 N–H and O–H groups in total. The second-order valence-electron chi connectivity index (χ2n) is 7.19. The summed E-state index contributed by atoms with van der Waals surface area (Å²) in [6, 6.07) is 9.49. The summed E-state index contributed by atoms with van der Waals surface area (Å²) < 4.78 is 16.4. The smallest absolute Gasteiger partial charge is 0.412 e. The summed E-state index contributed by atoms with van der Waals surface area (Å²) in [4.78, 5) is 22.4. The maximum absolute atomic E-state index is 12.0. The SMILES string of the molecule is COCc1cc(NC(=O)OC(C)(C)C)ccc1Oc1ccc([N+](=O)[O-])cc1C. The minimum Gasteiger partial charge on any atom is -0.457 e. The van der Waals surface area contributed by atoms with Gasteiger partial charge in [-0.2, -0.15) is 0 Å². The molecule has 0 aliphatic carbocycles. The monoisotopic (exact) mass is 388 g/mol. The first-order valence-electron chi connectivity index (χ1n) is 8.64. The third kappa shape index (κ3) is 5.95. The number of aryl methyl sites for hydroxylation is 1. The van der Waals surface area contributed by atoms with Gasteiger partial charge in [-0.3, -0.25) is 15.4 Å². The molecular formula is C20H24N2O6. The van der Waals surface area contributed by atoms with Crippen LogP contribution in [0.25, 0.3) is 0 Å². The van der Waals surface area contributed by atoms with E-state index in [2.05, 4.69) is 5.32 Å². The first-order chi connectivity index (χ1) is 13.1. The Balaban J connectivity index is 2.23. The van der Waals surface area contributed by atoms with Gasteiger partial charge in [-0.1, -0.05) is 0 Å². The molecule has 2 aromatic carbocycles. The Kier molecular flexibility index (Phi) is 6.58. The number of anilines is 1. The van der Waals surface area contributed by atoms with Crippen molar-refractivity contribution in [2.75, 3.05) is 12.4 Å². The fourth-order valence-electron chi connectivity index (χ4n) is 2.43. The van der Waals surface area contributed by atoms with Crippen LogP contribution in [0.4, 0.5) is 16.2 Å². The zero-order valence-corrected chi connectivity index (χ0v) is 16.6. The van der Waals surface area contributed by atoms with Gasteiger partial charge in [0.25, 0.3) is 5.69 Å². The van der Waals surface area contributed by atoms with Crippen molar-refractivity contribution in [2.24, 2.45) is 0 Å². The molecule has 8 heteroatoms. The summed E-state index contributed by atoms with van der Waals surface area (Å²) in [5.74, 6) is 1.02. The molecule has 2 aromatic rings. The van der Waals surface area contributed by atoms with Crippen LogP contribution in [-0.2, 0) is 16.1 Å². The number of amides is 1. The van der Waals surface area contributed by atoms with Crippen LogP contribution in [0.15, 0.2) is 36.4 Å². The molecule has 150 valence electrons. The van der Waals surface area contributed by atoms with Gasteiger partial charge >= 0.3 is 6.09 Å². The van der Waals surface area contributed by atoms with Crippen molar-refractivity contribution < 1.29 is 23.9 Å². The van der Waals surface area contributed by atoms with E-state index in [9.17, 15) is 14.9 Å². The number of benzene rings is 2. The largest absolute Gasteiger partial charge is 0.457 e. The van der Waals surface area contributed by atoms with E-state index in [1.807, 2.05) is 0 Å². The molecule has 28 heavy (non-hydrogen) atoms. The molecule has 0 radical (unpaired) electrons. The fourth-order valence-corrected chi connectivity index (χ4v) is 2.43. The Bertz CT molecular complexity index is 873. The number of nitro benzene ring substituents is 1. The normalized spacial score (nSPS) is 11.0. The highest BCUT2D eigenvalue weighted by atomic mass is 16.6. The number of non-ortho nitro benzene ring substituents is 1. The molecule has 2 rings (SSSR count). The predicted octanol–water partition coefficient (Wildman–Crippen LogP) is 5.19. The van der Waals surface area contributed by atoms with E-state index in [0.29, 0.717) is 28.3 Å². The Hall–Kier alpha value is -3.13. The van der Waals surface area contributed by atoms with Crippen molar-refractivity contribution >= 4 is 17.5 Å². The zero-order valence-electron chi connectivity index (χ0n) is 16.6. The van der Waals surface area contributed by atoms with Crippen molar-refractivity contribution in [2.45, 2.75) is 39.9 Å². The Morgan fingerprint density at radius 3 is 2.39 bits per heavy atom. The average molecular weight is 388 g/mol.